The van der Waals surface area contributed by atoms with E-state index in [0.29, 0.717) is 11.6 Å². The van der Waals surface area contributed by atoms with Gasteiger partial charge in [-0.15, -0.1) is 0 Å². The monoisotopic (exact) mass is 201 g/mol. The van der Waals surface area contributed by atoms with Gasteiger partial charge in [-0.25, -0.2) is 9.97 Å². The first-order chi connectivity index (χ1) is 7.38. The molecule has 0 aliphatic heterocycles. The molecule has 0 aliphatic rings. The van der Waals surface area contributed by atoms with Crippen LogP contribution < -0.4 is 5.32 Å². The Morgan fingerprint density at radius 1 is 1.13 bits per heavy atom. The molecule has 1 aromatic carbocycles. The fraction of sp³-hybridized carbons (Fsp3) is 0.0909. The molecule has 0 bridgehead atoms. The molecule has 0 atom stereocenters. The second-order valence-corrected chi connectivity index (χ2v) is 3.01. The molecule has 2 aromatic rings. The van der Waals surface area contributed by atoms with Gasteiger partial charge in [0.15, 0.2) is 5.82 Å². The highest BCUT2D eigenvalue weighted by Crippen LogP contribution is 2.12. The van der Waals surface area contributed by atoms with Gasteiger partial charge in [0.05, 0.1) is 0 Å². The normalized spacial score (nSPS) is 9.93. The lowest BCUT2D eigenvalue weighted by molar-refractivity contribution is 0.271. The molecule has 76 valence electrons. The van der Waals surface area contributed by atoms with Gasteiger partial charge < -0.3 is 10.4 Å². The van der Waals surface area contributed by atoms with Crippen molar-refractivity contribution in [2.24, 2.45) is 0 Å². The number of anilines is 2. The summed E-state index contributed by atoms with van der Waals surface area (Å²) in [5.74, 6) is 1.09. The van der Waals surface area contributed by atoms with Gasteiger partial charge in [-0.2, -0.15) is 0 Å². The van der Waals surface area contributed by atoms with Crippen LogP contribution in [0.2, 0.25) is 0 Å². The van der Waals surface area contributed by atoms with E-state index >= 15 is 0 Å². The molecule has 0 unspecified atom stereocenters. The van der Waals surface area contributed by atoms with E-state index in [4.69, 9.17) is 5.11 Å². The molecule has 2 N–H and O–H groups in total. The number of nitrogens with zero attached hydrogens (tertiary/aromatic N) is 2. The van der Waals surface area contributed by atoms with Crippen LogP contribution in [0.15, 0.2) is 42.6 Å². The number of hydrogen-bond acceptors (Lipinski definition) is 4. The smallest absolute Gasteiger partial charge is 0.156 e. The van der Waals surface area contributed by atoms with E-state index in [2.05, 4.69) is 15.3 Å². The molecule has 4 heteroatoms. The number of para-hydroxylation sites is 1. The van der Waals surface area contributed by atoms with Crippen LogP contribution in [0.25, 0.3) is 0 Å². The minimum absolute atomic E-state index is 0.149. The molecule has 0 saturated carbocycles. The summed E-state index contributed by atoms with van der Waals surface area (Å²) in [5.41, 5.74) is 0.958. The molecule has 1 heterocycles. The molecule has 0 aliphatic carbocycles. The number of benzene rings is 1. The Morgan fingerprint density at radius 2 is 1.93 bits per heavy atom. The van der Waals surface area contributed by atoms with Crippen molar-refractivity contribution in [3.8, 4) is 0 Å². The summed E-state index contributed by atoms with van der Waals surface area (Å²) in [6.07, 6.45) is 1.61. The molecule has 0 spiro atoms. The lowest BCUT2D eigenvalue weighted by Gasteiger charge is -2.05. The third-order valence-electron chi connectivity index (χ3n) is 1.89. The first-order valence-corrected chi connectivity index (χ1v) is 4.63. The maximum absolute atomic E-state index is 8.88. The summed E-state index contributed by atoms with van der Waals surface area (Å²) in [6, 6.07) is 11.5. The van der Waals surface area contributed by atoms with Crippen LogP contribution in [0.1, 0.15) is 5.82 Å². The molecule has 15 heavy (non-hydrogen) atoms. The highest BCUT2D eigenvalue weighted by molar-refractivity contribution is 5.55. The predicted molar refractivity (Wildman–Crippen MR) is 57.7 cm³/mol. The molecule has 0 saturated heterocycles. The number of aliphatic hydroxyl groups is 1. The third kappa shape index (κ3) is 2.51. The third-order valence-corrected chi connectivity index (χ3v) is 1.89. The minimum Gasteiger partial charge on any atom is -0.388 e. The van der Waals surface area contributed by atoms with Crippen molar-refractivity contribution >= 4 is 11.5 Å². The van der Waals surface area contributed by atoms with Crippen molar-refractivity contribution in [3.63, 3.8) is 0 Å². The zero-order chi connectivity index (χ0) is 10.5. The van der Waals surface area contributed by atoms with Crippen LogP contribution >= 0.6 is 0 Å². The number of hydrogen-bond donors (Lipinski definition) is 2. The van der Waals surface area contributed by atoms with Gasteiger partial charge in [0.2, 0.25) is 0 Å². The minimum atomic E-state index is -0.149. The van der Waals surface area contributed by atoms with Gasteiger partial charge in [0.1, 0.15) is 12.4 Å². The Hall–Kier alpha value is -1.94. The second-order valence-electron chi connectivity index (χ2n) is 3.01. The molecule has 2 rings (SSSR count). The van der Waals surface area contributed by atoms with Gasteiger partial charge in [0, 0.05) is 11.9 Å². The highest BCUT2D eigenvalue weighted by Gasteiger charge is 1.97. The fourth-order valence-electron chi connectivity index (χ4n) is 1.21. The van der Waals surface area contributed by atoms with Crippen molar-refractivity contribution in [3.05, 3.63) is 48.4 Å². The molecular formula is C11H11N3O. The Kier molecular flexibility index (Phi) is 2.90. The number of aliphatic hydroxyl groups excluding tert-OH is 1. The maximum atomic E-state index is 8.88. The molecule has 4 nitrogen and oxygen atoms in total. The van der Waals surface area contributed by atoms with Crippen molar-refractivity contribution in [1.29, 1.82) is 0 Å². The standard InChI is InChI=1S/C11H11N3O/c15-8-11-12-7-6-10(14-11)13-9-4-2-1-3-5-9/h1-7,15H,8H2,(H,12,13,14). The van der Waals surface area contributed by atoms with Crippen LogP contribution in [0.5, 0.6) is 0 Å². The van der Waals surface area contributed by atoms with Gasteiger partial charge in [-0.3, -0.25) is 0 Å². The van der Waals surface area contributed by atoms with Gasteiger partial charge >= 0.3 is 0 Å². The summed E-state index contributed by atoms with van der Waals surface area (Å²) in [5, 5.41) is 12.0. The Morgan fingerprint density at radius 3 is 2.67 bits per heavy atom. The van der Waals surface area contributed by atoms with Gasteiger partial charge in [0.25, 0.3) is 0 Å². The lowest BCUT2D eigenvalue weighted by Crippen LogP contribution is -1.98. The molecular weight excluding hydrogens is 190 g/mol. The summed E-state index contributed by atoms with van der Waals surface area (Å²) in [6.45, 7) is -0.149. The van der Waals surface area contributed by atoms with Crippen molar-refractivity contribution in [2.75, 3.05) is 5.32 Å². The quantitative estimate of drug-likeness (QED) is 0.793. The zero-order valence-corrected chi connectivity index (χ0v) is 8.09. The van der Waals surface area contributed by atoms with Crippen LogP contribution in [-0.2, 0) is 6.61 Å². The SMILES string of the molecule is OCc1nccc(Nc2ccccc2)n1. The van der Waals surface area contributed by atoms with Crippen molar-refractivity contribution in [2.45, 2.75) is 6.61 Å². The van der Waals surface area contributed by atoms with E-state index < -0.39 is 0 Å². The highest BCUT2D eigenvalue weighted by atomic mass is 16.3. The lowest BCUT2D eigenvalue weighted by atomic mass is 10.3. The van der Waals surface area contributed by atoms with E-state index in [-0.39, 0.29) is 6.61 Å². The first-order valence-electron chi connectivity index (χ1n) is 4.63. The van der Waals surface area contributed by atoms with Crippen LogP contribution in [0, 0.1) is 0 Å². The zero-order valence-electron chi connectivity index (χ0n) is 8.09. The number of nitrogens with one attached hydrogen (secondary N) is 1. The molecule has 0 radical (unpaired) electrons. The summed E-state index contributed by atoms with van der Waals surface area (Å²) >= 11 is 0. The predicted octanol–water partition coefficient (Wildman–Crippen LogP) is 1.71. The maximum Gasteiger partial charge on any atom is 0.156 e. The number of aromatic nitrogens is 2. The Bertz CT molecular complexity index is 431. The van der Waals surface area contributed by atoms with Crippen LogP contribution in [0.4, 0.5) is 11.5 Å². The average Bonchev–Trinajstić information content (AvgIpc) is 2.31. The van der Waals surface area contributed by atoms with E-state index in [1.54, 1.807) is 12.3 Å². The second kappa shape index (κ2) is 4.52. The largest absolute Gasteiger partial charge is 0.388 e. The van der Waals surface area contributed by atoms with Crippen LogP contribution in [0.3, 0.4) is 0 Å². The molecule has 0 amide bonds. The van der Waals surface area contributed by atoms with E-state index in [9.17, 15) is 0 Å². The first kappa shape index (κ1) is 9.61. The van der Waals surface area contributed by atoms with E-state index in [0.717, 1.165) is 5.69 Å². The van der Waals surface area contributed by atoms with Crippen molar-refractivity contribution in [1.82, 2.24) is 9.97 Å². The topological polar surface area (TPSA) is 58.0 Å². The Balaban J connectivity index is 2.17. The molecule has 0 fully saturated rings. The molecule has 1 aromatic heterocycles. The summed E-state index contributed by atoms with van der Waals surface area (Å²) in [4.78, 5) is 8.01. The van der Waals surface area contributed by atoms with Crippen molar-refractivity contribution < 1.29 is 5.11 Å². The van der Waals surface area contributed by atoms with E-state index in [1.165, 1.54) is 0 Å². The summed E-state index contributed by atoms with van der Waals surface area (Å²) in [7, 11) is 0. The van der Waals surface area contributed by atoms with Crippen LogP contribution in [-0.4, -0.2) is 15.1 Å². The van der Waals surface area contributed by atoms with E-state index in [1.807, 2.05) is 30.3 Å². The Labute approximate surface area is 87.6 Å². The number of rotatable bonds is 3. The average molecular weight is 201 g/mol. The summed E-state index contributed by atoms with van der Waals surface area (Å²) < 4.78 is 0. The fourth-order valence-corrected chi connectivity index (χ4v) is 1.21. The van der Waals surface area contributed by atoms with Gasteiger partial charge in [-0.05, 0) is 18.2 Å². The van der Waals surface area contributed by atoms with Gasteiger partial charge in [-0.1, -0.05) is 18.2 Å².